The van der Waals surface area contributed by atoms with E-state index in [4.69, 9.17) is 11.1 Å². The van der Waals surface area contributed by atoms with E-state index in [1.807, 2.05) is 30.3 Å². The Balaban J connectivity index is 2.55. The van der Waals surface area contributed by atoms with E-state index < -0.39 is 6.09 Å². The normalized spacial score (nSPS) is 9.38. The molecule has 0 fully saturated rings. The van der Waals surface area contributed by atoms with Gasteiger partial charge < -0.3 is 0 Å². The zero-order valence-electron chi connectivity index (χ0n) is 6.88. The van der Waals surface area contributed by atoms with Gasteiger partial charge in [0.15, 0.2) is 0 Å². The SMILES string of the molecule is NN(Cc1ccccc1)C(=O)OO. The van der Waals surface area contributed by atoms with Crippen molar-refractivity contribution in [1.29, 1.82) is 0 Å². The highest BCUT2D eigenvalue weighted by atomic mass is 17.1. The predicted molar refractivity (Wildman–Crippen MR) is 45.3 cm³/mol. The third-order valence-corrected chi connectivity index (χ3v) is 1.51. The summed E-state index contributed by atoms with van der Waals surface area (Å²) in [5.41, 5.74) is 0.857. The van der Waals surface area contributed by atoms with Crippen molar-refractivity contribution < 1.29 is 14.9 Å². The molecule has 1 aromatic rings. The molecule has 0 aliphatic carbocycles. The van der Waals surface area contributed by atoms with Gasteiger partial charge in [0.05, 0.1) is 6.54 Å². The molecule has 3 N–H and O–H groups in total. The maximum atomic E-state index is 10.6. The fourth-order valence-electron chi connectivity index (χ4n) is 0.897. The average Bonchev–Trinajstić information content (AvgIpc) is 2.18. The van der Waals surface area contributed by atoms with Crippen molar-refractivity contribution in [2.45, 2.75) is 6.54 Å². The molecule has 5 nitrogen and oxygen atoms in total. The van der Waals surface area contributed by atoms with Crippen molar-refractivity contribution in [1.82, 2.24) is 5.01 Å². The molecule has 0 heterocycles. The zero-order chi connectivity index (χ0) is 9.68. The molecule has 5 heteroatoms. The lowest BCUT2D eigenvalue weighted by molar-refractivity contribution is -0.188. The number of rotatable bonds is 2. The number of hydrogen-bond donors (Lipinski definition) is 2. The van der Waals surface area contributed by atoms with E-state index in [1.165, 1.54) is 0 Å². The number of benzene rings is 1. The van der Waals surface area contributed by atoms with E-state index >= 15 is 0 Å². The molecule has 0 radical (unpaired) electrons. The van der Waals surface area contributed by atoms with Crippen LogP contribution >= 0.6 is 0 Å². The quantitative estimate of drug-likeness (QED) is 0.309. The molecule has 1 amide bonds. The van der Waals surface area contributed by atoms with Crippen molar-refractivity contribution in [3.8, 4) is 0 Å². The van der Waals surface area contributed by atoms with Gasteiger partial charge in [-0.15, -0.1) is 0 Å². The summed E-state index contributed by atoms with van der Waals surface area (Å²) in [5.74, 6) is 5.26. The third-order valence-electron chi connectivity index (χ3n) is 1.51. The highest BCUT2D eigenvalue weighted by molar-refractivity contribution is 5.65. The average molecular weight is 182 g/mol. The zero-order valence-corrected chi connectivity index (χ0v) is 6.88. The van der Waals surface area contributed by atoms with E-state index in [0.29, 0.717) is 0 Å². The standard InChI is InChI=1S/C8H10N2O3/c9-10(8(11)13-12)6-7-4-2-1-3-5-7/h1-5,12H,6,9H2. The molecule has 13 heavy (non-hydrogen) atoms. The molecular weight excluding hydrogens is 172 g/mol. The molecule has 1 rings (SSSR count). The second kappa shape index (κ2) is 4.44. The molecule has 0 saturated carbocycles. The minimum absolute atomic E-state index is 0.195. The summed E-state index contributed by atoms with van der Waals surface area (Å²) in [4.78, 5) is 14.1. The molecule has 0 saturated heterocycles. The first-order chi connectivity index (χ1) is 6.24. The van der Waals surface area contributed by atoms with Crippen LogP contribution in [0.2, 0.25) is 0 Å². The van der Waals surface area contributed by atoms with Gasteiger partial charge in [-0.3, -0.25) is 4.89 Å². The number of carbonyl (C=O) groups excluding carboxylic acids is 1. The number of carbonyl (C=O) groups is 1. The number of amides is 1. The minimum atomic E-state index is -0.983. The Hall–Kier alpha value is -1.59. The third kappa shape index (κ3) is 2.73. The molecule has 0 bridgehead atoms. The van der Waals surface area contributed by atoms with Crippen molar-refractivity contribution >= 4 is 6.09 Å². The van der Waals surface area contributed by atoms with Crippen molar-refractivity contribution in [3.63, 3.8) is 0 Å². The monoisotopic (exact) mass is 182 g/mol. The van der Waals surface area contributed by atoms with Gasteiger partial charge >= 0.3 is 6.09 Å². The van der Waals surface area contributed by atoms with Crippen molar-refractivity contribution in [2.75, 3.05) is 0 Å². The van der Waals surface area contributed by atoms with Gasteiger partial charge in [0.2, 0.25) is 0 Å². The van der Waals surface area contributed by atoms with Crippen LogP contribution in [0.3, 0.4) is 0 Å². The number of hydrazine groups is 1. The van der Waals surface area contributed by atoms with Crippen molar-refractivity contribution in [2.24, 2.45) is 5.84 Å². The van der Waals surface area contributed by atoms with Gasteiger partial charge in [-0.25, -0.2) is 15.6 Å². The fourth-order valence-corrected chi connectivity index (χ4v) is 0.897. The summed E-state index contributed by atoms with van der Waals surface area (Å²) in [7, 11) is 0. The van der Waals surface area contributed by atoms with Gasteiger partial charge in [0.1, 0.15) is 0 Å². The summed E-state index contributed by atoms with van der Waals surface area (Å²) in [6, 6.07) is 9.13. The highest BCUT2D eigenvalue weighted by Crippen LogP contribution is 2.01. The molecule has 70 valence electrons. The van der Waals surface area contributed by atoms with Crippen LogP contribution in [-0.4, -0.2) is 16.4 Å². The smallest absolute Gasteiger partial charge is 0.277 e. The van der Waals surface area contributed by atoms with Crippen LogP contribution < -0.4 is 5.84 Å². The lowest BCUT2D eigenvalue weighted by Gasteiger charge is -2.12. The summed E-state index contributed by atoms with van der Waals surface area (Å²) in [6.07, 6.45) is -0.983. The van der Waals surface area contributed by atoms with Crippen LogP contribution in [-0.2, 0) is 11.4 Å². The molecule has 0 aliphatic rings. The van der Waals surface area contributed by atoms with Crippen LogP contribution in [0.1, 0.15) is 5.56 Å². The molecule has 0 atom stereocenters. The van der Waals surface area contributed by atoms with Crippen LogP contribution in [0, 0.1) is 0 Å². The molecule has 0 unspecified atom stereocenters. The summed E-state index contributed by atoms with van der Waals surface area (Å²) >= 11 is 0. The van der Waals surface area contributed by atoms with E-state index in [0.717, 1.165) is 10.6 Å². The Labute approximate surface area is 75.2 Å². The molecular formula is C8H10N2O3. The Kier molecular flexibility index (Phi) is 3.24. The lowest BCUT2D eigenvalue weighted by atomic mass is 10.2. The molecule has 0 spiro atoms. The predicted octanol–water partition coefficient (Wildman–Crippen LogP) is 0.972. The van der Waals surface area contributed by atoms with Gasteiger partial charge in [-0.1, -0.05) is 30.3 Å². The first kappa shape index (κ1) is 9.50. The van der Waals surface area contributed by atoms with Crippen LogP contribution in [0.25, 0.3) is 0 Å². The Morgan fingerprint density at radius 1 is 1.46 bits per heavy atom. The van der Waals surface area contributed by atoms with E-state index in [-0.39, 0.29) is 6.54 Å². The van der Waals surface area contributed by atoms with Gasteiger partial charge in [0.25, 0.3) is 0 Å². The minimum Gasteiger partial charge on any atom is -0.277 e. The highest BCUT2D eigenvalue weighted by Gasteiger charge is 2.09. The summed E-state index contributed by atoms with van der Waals surface area (Å²) in [6.45, 7) is 0.195. The number of nitrogens with two attached hydrogens (primary N) is 1. The maximum Gasteiger partial charge on any atom is 0.455 e. The fraction of sp³-hybridized carbons (Fsp3) is 0.125. The lowest BCUT2D eigenvalue weighted by Crippen LogP contribution is -2.36. The number of hydrogen-bond acceptors (Lipinski definition) is 4. The van der Waals surface area contributed by atoms with Gasteiger partial charge in [-0.05, 0) is 5.56 Å². The second-order valence-electron chi connectivity index (χ2n) is 2.47. The first-order valence-electron chi connectivity index (χ1n) is 3.65. The Morgan fingerprint density at radius 2 is 2.08 bits per heavy atom. The maximum absolute atomic E-state index is 10.6. The van der Waals surface area contributed by atoms with E-state index in [1.54, 1.807) is 0 Å². The van der Waals surface area contributed by atoms with Crippen molar-refractivity contribution in [3.05, 3.63) is 35.9 Å². The van der Waals surface area contributed by atoms with Crippen LogP contribution in [0.4, 0.5) is 4.79 Å². The van der Waals surface area contributed by atoms with Crippen LogP contribution in [0.5, 0.6) is 0 Å². The van der Waals surface area contributed by atoms with Crippen LogP contribution in [0.15, 0.2) is 30.3 Å². The van der Waals surface area contributed by atoms with E-state index in [9.17, 15) is 4.79 Å². The topological polar surface area (TPSA) is 75.8 Å². The molecule has 1 aromatic carbocycles. The van der Waals surface area contributed by atoms with Gasteiger partial charge in [-0.2, -0.15) is 5.26 Å². The molecule has 0 aliphatic heterocycles. The van der Waals surface area contributed by atoms with Gasteiger partial charge in [0, 0.05) is 0 Å². The summed E-state index contributed by atoms with van der Waals surface area (Å²) < 4.78 is 0. The largest absolute Gasteiger partial charge is 0.455 e. The number of nitrogens with zero attached hydrogens (tertiary/aromatic N) is 1. The second-order valence-corrected chi connectivity index (χ2v) is 2.47. The summed E-state index contributed by atoms with van der Waals surface area (Å²) in [5, 5.41) is 8.79. The first-order valence-corrected chi connectivity index (χ1v) is 3.65. The Bertz CT molecular complexity index is 276. The molecule has 0 aromatic heterocycles. The van der Waals surface area contributed by atoms with E-state index in [2.05, 4.69) is 4.89 Å². The Morgan fingerprint density at radius 3 is 2.62 bits per heavy atom.